The molecule has 4 nitrogen and oxygen atoms in total. The van der Waals surface area contributed by atoms with Gasteiger partial charge in [-0.05, 0) is 42.3 Å². The summed E-state index contributed by atoms with van der Waals surface area (Å²) in [5.41, 5.74) is -1.09. The van der Waals surface area contributed by atoms with E-state index in [1.807, 2.05) is 0 Å². The van der Waals surface area contributed by atoms with E-state index in [-0.39, 0.29) is 22.8 Å². The molecule has 0 bridgehead atoms. The van der Waals surface area contributed by atoms with Gasteiger partial charge in [0.25, 0.3) is 0 Å². The lowest BCUT2D eigenvalue weighted by Gasteiger charge is -2.44. The lowest BCUT2D eigenvalue weighted by molar-refractivity contribution is -0.165. The molecule has 0 heterocycles. The maximum atomic E-state index is 12.8. The van der Waals surface area contributed by atoms with E-state index in [2.05, 4.69) is 54.6 Å². The molecule has 0 saturated heterocycles. The van der Waals surface area contributed by atoms with Gasteiger partial charge in [0.15, 0.2) is 14.1 Å². The molecular formula is C19H36O4Si. The number of carbonyl (C=O) groups excluding carboxylic acids is 2. The molecule has 1 aliphatic rings. The molecular weight excluding hydrogens is 320 g/mol. The molecule has 1 saturated carbocycles. The van der Waals surface area contributed by atoms with Gasteiger partial charge in [-0.25, -0.2) is 0 Å². The van der Waals surface area contributed by atoms with Gasteiger partial charge in [0.05, 0.1) is 13.7 Å². The molecule has 0 spiro atoms. The molecule has 0 aromatic rings. The minimum atomic E-state index is -2.05. The van der Waals surface area contributed by atoms with Gasteiger partial charge in [-0.1, -0.05) is 41.5 Å². The Labute approximate surface area is 148 Å². The fraction of sp³-hybridized carbons (Fsp3) is 0.895. The van der Waals surface area contributed by atoms with Crippen molar-refractivity contribution in [2.75, 3.05) is 13.7 Å². The Morgan fingerprint density at radius 2 is 1.75 bits per heavy atom. The lowest BCUT2D eigenvalue weighted by Crippen LogP contribution is -2.53. The summed E-state index contributed by atoms with van der Waals surface area (Å²) in [6.45, 7) is 17.4. The Kier molecular flexibility index (Phi) is 6.15. The third kappa shape index (κ3) is 4.28. The summed E-state index contributed by atoms with van der Waals surface area (Å²) in [5, 5.41) is 0.0332. The van der Waals surface area contributed by atoms with Crippen LogP contribution in [0.1, 0.15) is 60.8 Å². The summed E-state index contributed by atoms with van der Waals surface area (Å²) >= 11 is 0. The van der Waals surface area contributed by atoms with E-state index in [9.17, 15) is 9.59 Å². The largest absolute Gasteiger partial charge is 0.468 e. The van der Waals surface area contributed by atoms with Crippen molar-refractivity contribution in [1.82, 2.24) is 0 Å². The monoisotopic (exact) mass is 356 g/mol. The summed E-state index contributed by atoms with van der Waals surface area (Å²) in [4.78, 5) is 25.4. The van der Waals surface area contributed by atoms with Crippen LogP contribution < -0.4 is 0 Å². The number of esters is 1. The highest BCUT2D eigenvalue weighted by molar-refractivity contribution is 6.74. The molecule has 1 aliphatic carbocycles. The van der Waals surface area contributed by atoms with Crippen LogP contribution in [0.3, 0.4) is 0 Å². The van der Waals surface area contributed by atoms with E-state index >= 15 is 0 Å². The van der Waals surface area contributed by atoms with Crippen molar-refractivity contribution in [3.05, 3.63) is 0 Å². The van der Waals surface area contributed by atoms with Crippen LogP contribution in [0.5, 0.6) is 0 Å². The summed E-state index contributed by atoms with van der Waals surface area (Å²) in [6.07, 6.45) is 1.79. The van der Waals surface area contributed by atoms with E-state index < -0.39 is 19.7 Å². The number of hydrogen-bond donors (Lipinski definition) is 0. The van der Waals surface area contributed by atoms with Crippen LogP contribution in [-0.4, -0.2) is 33.8 Å². The van der Waals surface area contributed by atoms with Gasteiger partial charge in [-0.2, -0.15) is 0 Å². The van der Waals surface area contributed by atoms with Gasteiger partial charge in [-0.15, -0.1) is 0 Å². The molecule has 0 aromatic carbocycles. The van der Waals surface area contributed by atoms with Crippen molar-refractivity contribution in [2.24, 2.45) is 16.7 Å². The van der Waals surface area contributed by atoms with Crippen LogP contribution in [0.25, 0.3) is 0 Å². The highest BCUT2D eigenvalue weighted by Gasteiger charge is 2.53. The highest BCUT2D eigenvalue weighted by Crippen LogP contribution is 2.46. The van der Waals surface area contributed by atoms with Crippen molar-refractivity contribution in [3.63, 3.8) is 0 Å². The molecule has 0 radical (unpaired) electrons. The van der Waals surface area contributed by atoms with Crippen LogP contribution in [0.4, 0.5) is 0 Å². The SMILES string of the molecule is COC(=O)[C@]1(CO[Si](C)(C)C(C)(C)C)C[C@@H](C(C)(C)C)CCC1=O. The number of carbonyl (C=O) groups is 2. The van der Waals surface area contributed by atoms with Gasteiger partial charge >= 0.3 is 5.97 Å². The van der Waals surface area contributed by atoms with Gasteiger partial charge in [0, 0.05) is 6.42 Å². The molecule has 0 aromatic heterocycles. The van der Waals surface area contributed by atoms with E-state index in [1.165, 1.54) is 7.11 Å². The van der Waals surface area contributed by atoms with Gasteiger partial charge in [0.2, 0.25) is 0 Å². The number of ketones is 1. The van der Waals surface area contributed by atoms with E-state index in [0.29, 0.717) is 18.8 Å². The van der Waals surface area contributed by atoms with Crippen LogP contribution in [0.15, 0.2) is 0 Å². The second-order valence-corrected chi connectivity index (χ2v) is 14.7. The molecule has 5 heteroatoms. The first-order chi connectivity index (χ1) is 10.7. The first-order valence-electron chi connectivity index (χ1n) is 8.93. The van der Waals surface area contributed by atoms with Crippen LogP contribution in [0, 0.1) is 16.7 Å². The molecule has 0 N–H and O–H groups in total. The van der Waals surface area contributed by atoms with Gasteiger partial charge in [-0.3, -0.25) is 9.59 Å². The van der Waals surface area contributed by atoms with Crippen molar-refractivity contribution >= 4 is 20.1 Å². The normalized spacial score (nSPS) is 26.4. The molecule has 1 rings (SSSR count). The average molecular weight is 357 g/mol. The first kappa shape index (κ1) is 21.4. The minimum Gasteiger partial charge on any atom is -0.468 e. The quantitative estimate of drug-likeness (QED) is 0.420. The second kappa shape index (κ2) is 6.91. The molecule has 1 fully saturated rings. The van der Waals surface area contributed by atoms with Crippen molar-refractivity contribution < 1.29 is 18.8 Å². The Bertz CT molecular complexity index is 475. The molecule has 0 aliphatic heterocycles. The lowest BCUT2D eigenvalue weighted by atomic mass is 9.62. The van der Waals surface area contributed by atoms with E-state index in [0.717, 1.165) is 6.42 Å². The second-order valence-electron chi connectivity index (χ2n) is 9.85. The smallest absolute Gasteiger partial charge is 0.321 e. The zero-order valence-corrected chi connectivity index (χ0v) is 18.0. The Morgan fingerprint density at radius 1 is 1.21 bits per heavy atom. The van der Waals surface area contributed by atoms with E-state index in [4.69, 9.17) is 9.16 Å². The number of ether oxygens (including phenoxy) is 1. The van der Waals surface area contributed by atoms with Crippen molar-refractivity contribution in [2.45, 2.75) is 78.9 Å². The molecule has 140 valence electrons. The molecule has 0 amide bonds. The topological polar surface area (TPSA) is 52.6 Å². The van der Waals surface area contributed by atoms with Crippen molar-refractivity contribution in [3.8, 4) is 0 Å². The Morgan fingerprint density at radius 3 is 2.17 bits per heavy atom. The number of methoxy groups -OCH3 is 1. The number of Topliss-reactive ketones (excluding diaryl/α,β-unsaturated/α-hetero) is 1. The summed E-state index contributed by atoms with van der Waals surface area (Å²) < 4.78 is 11.4. The van der Waals surface area contributed by atoms with Crippen LogP contribution >= 0.6 is 0 Å². The number of hydrogen-bond acceptors (Lipinski definition) is 4. The highest BCUT2D eigenvalue weighted by atomic mass is 28.4. The molecule has 0 unspecified atom stereocenters. The van der Waals surface area contributed by atoms with Crippen molar-refractivity contribution in [1.29, 1.82) is 0 Å². The van der Waals surface area contributed by atoms with Crippen LogP contribution in [0.2, 0.25) is 18.1 Å². The zero-order chi connectivity index (χ0) is 19.0. The third-order valence-electron chi connectivity index (χ3n) is 6.13. The number of rotatable bonds is 4. The third-order valence-corrected chi connectivity index (χ3v) is 10.6. The molecule has 24 heavy (non-hydrogen) atoms. The summed E-state index contributed by atoms with van der Waals surface area (Å²) in [5.74, 6) is -0.147. The standard InChI is InChI=1S/C19H36O4Si/c1-17(2,3)14-10-11-15(20)19(12-14,16(21)22-7)13-23-24(8,9)18(4,5)6/h14H,10-13H2,1-9H3/t14-,19-/m0/s1. The Balaban J connectivity index is 3.14. The molecule has 2 atom stereocenters. The van der Waals surface area contributed by atoms with Gasteiger partial charge < -0.3 is 9.16 Å². The Hall–Kier alpha value is -0.683. The fourth-order valence-electron chi connectivity index (χ4n) is 3.03. The van der Waals surface area contributed by atoms with E-state index in [1.54, 1.807) is 0 Å². The summed E-state index contributed by atoms with van der Waals surface area (Å²) in [7, 11) is -0.687. The van der Waals surface area contributed by atoms with Gasteiger partial charge in [0.1, 0.15) is 5.41 Å². The maximum Gasteiger partial charge on any atom is 0.321 e. The predicted molar refractivity (Wildman–Crippen MR) is 99.4 cm³/mol. The predicted octanol–water partition coefficient (Wildman–Crippen LogP) is 4.58. The summed E-state index contributed by atoms with van der Waals surface area (Å²) in [6, 6.07) is 0. The minimum absolute atomic E-state index is 0.0199. The zero-order valence-electron chi connectivity index (χ0n) is 17.0. The fourth-order valence-corrected chi connectivity index (χ4v) is 4.07. The van der Waals surface area contributed by atoms with Crippen LogP contribution in [-0.2, 0) is 18.8 Å². The first-order valence-corrected chi connectivity index (χ1v) is 11.8. The maximum absolute atomic E-state index is 12.8. The average Bonchev–Trinajstić information content (AvgIpc) is 2.43.